The number of nitrogens with zero attached hydrogens (tertiary/aromatic N) is 2. The summed E-state index contributed by atoms with van der Waals surface area (Å²) in [5, 5.41) is 4.11. The van der Waals surface area contributed by atoms with Gasteiger partial charge in [0.2, 0.25) is 0 Å². The first-order chi connectivity index (χ1) is 14.7. The van der Waals surface area contributed by atoms with Gasteiger partial charge in [-0.05, 0) is 37.3 Å². The fourth-order valence-corrected chi connectivity index (χ4v) is 3.76. The highest BCUT2D eigenvalue weighted by Crippen LogP contribution is 2.42. The Bertz CT molecular complexity index is 1080. The summed E-state index contributed by atoms with van der Waals surface area (Å²) >= 11 is 0. The largest absolute Gasteiger partial charge is 0.487 e. The molecule has 2 aromatic carbocycles. The highest BCUT2D eigenvalue weighted by Gasteiger charge is 2.27. The van der Waals surface area contributed by atoms with Crippen molar-refractivity contribution in [3.8, 4) is 11.5 Å². The standard InChI is InChI=1S/C23H24FN3O3/c1-14-26-19-12-21-20(29-9-7-28-8-10-30-21)11-18(19)23(27-14)25-13-16-3-2-4-17(22(16)24)15-5-6-15/h2-4,11-12,15H,5-10,13H2,1H3,(H,25,26,27). The second-order valence-electron chi connectivity index (χ2n) is 7.69. The monoisotopic (exact) mass is 409 g/mol. The van der Waals surface area contributed by atoms with Crippen LogP contribution in [-0.4, -0.2) is 36.4 Å². The van der Waals surface area contributed by atoms with Gasteiger partial charge >= 0.3 is 0 Å². The maximum atomic E-state index is 14.9. The Morgan fingerprint density at radius 1 is 1.03 bits per heavy atom. The molecular weight excluding hydrogens is 385 g/mol. The molecule has 0 atom stereocenters. The third-order valence-electron chi connectivity index (χ3n) is 5.42. The number of nitrogens with one attached hydrogen (secondary N) is 1. The van der Waals surface area contributed by atoms with E-state index in [4.69, 9.17) is 14.2 Å². The van der Waals surface area contributed by atoms with Crippen molar-refractivity contribution in [3.63, 3.8) is 0 Å². The Hall–Kier alpha value is -2.93. The SMILES string of the molecule is Cc1nc(NCc2cccc(C3CC3)c2F)c2cc3c(cc2n1)OCCOCCO3. The van der Waals surface area contributed by atoms with Gasteiger partial charge in [-0.25, -0.2) is 14.4 Å². The summed E-state index contributed by atoms with van der Waals surface area (Å²) in [6, 6.07) is 9.39. The normalized spacial score (nSPS) is 16.6. The fraction of sp³-hybridized carbons (Fsp3) is 0.391. The van der Waals surface area contributed by atoms with Crippen LogP contribution in [0, 0.1) is 12.7 Å². The van der Waals surface area contributed by atoms with Gasteiger partial charge in [-0.3, -0.25) is 0 Å². The summed E-state index contributed by atoms with van der Waals surface area (Å²) in [5.74, 6) is 2.81. The number of rotatable bonds is 4. The molecule has 1 fully saturated rings. The van der Waals surface area contributed by atoms with Gasteiger partial charge in [0, 0.05) is 23.6 Å². The summed E-state index contributed by atoms with van der Waals surface area (Å²) < 4.78 is 32.0. The first-order valence-corrected chi connectivity index (χ1v) is 10.4. The van der Waals surface area contributed by atoms with E-state index in [9.17, 15) is 4.39 Å². The van der Waals surface area contributed by atoms with Crippen LogP contribution in [0.3, 0.4) is 0 Å². The molecule has 0 amide bonds. The zero-order valence-corrected chi connectivity index (χ0v) is 16.9. The third kappa shape index (κ3) is 3.89. The maximum Gasteiger partial charge on any atom is 0.163 e. The average molecular weight is 409 g/mol. The van der Waals surface area contributed by atoms with E-state index in [1.165, 1.54) is 0 Å². The fourth-order valence-electron chi connectivity index (χ4n) is 3.76. The van der Waals surface area contributed by atoms with Crippen molar-refractivity contribution in [2.45, 2.75) is 32.2 Å². The lowest BCUT2D eigenvalue weighted by Crippen LogP contribution is -2.08. The Morgan fingerprint density at radius 3 is 2.57 bits per heavy atom. The smallest absolute Gasteiger partial charge is 0.163 e. The van der Waals surface area contributed by atoms with Crippen LogP contribution in [0.5, 0.6) is 11.5 Å². The first-order valence-electron chi connectivity index (χ1n) is 10.4. The highest BCUT2D eigenvalue weighted by atomic mass is 19.1. The lowest BCUT2D eigenvalue weighted by molar-refractivity contribution is 0.0877. The number of aryl methyl sites for hydroxylation is 1. The summed E-state index contributed by atoms with van der Waals surface area (Å²) in [6.07, 6.45) is 2.14. The zero-order chi connectivity index (χ0) is 20.5. The van der Waals surface area contributed by atoms with Gasteiger partial charge in [0.1, 0.15) is 30.7 Å². The molecule has 30 heavy (non-hydrogen) atoms. The van der Waals surface area contributed by atoms with Crippen LogP contribution in [0.4, 0.5) is 10.2 Å². The third-order valence-corrected chi connectivity index (χ3v) is 5.42. The van der Waals surface area contributed by atoms with E-state index in [-0.39, 0.29) is 5.82 Å². The molecule has 0 spiro atoms. The number of fused-ring (bicyclic) bond motifs is 2. The predicted octanol–water partition coefficient (Wildman–Crippen LogP) is 4.35. The minimum Gasteiger partial charge on any atom is -0.487 e. The highest BCUT2D eigenvalue weighted by molar-refractivity contribution is 5.91. The van der Waals surface area contributed by atoms with Crippen molar-refractivity contribution >= 4 is 16.7 Å². The van der Waals surface area contributed by atoms with Crippen molar-refractivity contribution in [2.75, 3.05) is 31.7 Å². The Balaban J connectivity index is 1.47. The molecule has 7 heteroatoms. The van der Waals surface area contributed by atoms with Crippen LogP contribution in [-0.2, 0) is 11.3 Å². The number of anilines is 1. The molecule has 5 rings (SSSR count). The Kier molecular flexibility index (Phi) is 5.12. The number of hydrogen-bond acceptors (Lipinski definition) is 6. The molecule has 156 valence electrons. The number of hydrogen-bond donors (Lipinski definition) is 1. The van der Waals surface area contributed by atoms with Crippen molar-refractivity contribution < 1.29 is 18.6 Å². The van der Waals surface area contributed by atoms with Gasteiger partial charge in [-0.1, -0.05) is 18.2 Å². The molecule has 0 bridgehead atoms. The van der Waals surface area contributed by atoms with Crippen LogP contribution in [0.15, 0.2) is 30.3 Å². The van der Waals surface area contributed by atoms with Crippen LogP contribution in [0.2, 0.25) is 0 Å². The van der Waals surface area contributed by atoms with Crippen molar-refractivity contribution in [1.29, 1.82) is 0 Å². The molecule has 6 nitrogen and oxygen atoms in total. The lowest BCUT2D eigenvalue weighted by atomic mass is 10.1. The van der Waals surface area contributed by atoms with Crippen molar-refractivity contribution in [3.05, 3.63) is 53.1 Å². The second kappa shape index (κ2) is 8.07. The van der Waals surface area contributed by atoms with Crippen LogP contribution < -0.4 is 14.8 Å². The molecular formula is C23H24FN3O3. The van der Waals surface area contributed by atoms with E-state index in [1.54, 1.807) is 0 Å². The molecule has 1 aliphatic heterocycles. The van der Waals surface area contributed by atoms with E-state index in [1.807, 2.05) is 37.3 Å². The lowest BCUT2D eigenvalue weighted by Gasteiger charge is -2.15. The maximum absolute atomic E-state index is 14.9. The molecule has 3 aromatic rings. The van der Waals surface area contributed by atoms with Gasteiger partial charge in [-0.15, -0.1) is 0 Å². The molecule has 0 radical (unpaired) electrons. The topological polar surface area (TPSA) is 65.5 Å². The number of benzene rings is 2. The van der Waals surface area contributed by atoms with Crippen LogP contribution in [0.25, 0.3) is 10.9 Å². The Morgan fingerprint density at radius 2 is 1.80 bits per heavy atom. The van der Waals surface area contributed by atoms with E-state index in [2.05, 4.69) is 15.3 Å². The van der Waals surface area contributed by atoms with Crippen molar-refractivity contribution in [2.24, 2.45) is 0 Å². The number of halogens is 1. The van der Waals surface area contributed by atoms with E-state index < -0.39 is 0 Å². The summed E-state index contributed by atoms with van der Waals surface area (Å²) in [7, 11) is 0. The molecule has 1 N–H and O–H groups in total. The molecule has 0 saturated heterocycles. The van der Waals surface area contributed by atoms with Crippen LogP contribution >= 0.6 is 0 Å². The van der Waals surface area contributed by atoms with Gasteiger partial charge in [0.05, 0.1) is 18.7 Å². The number of ether oxygens (including phenoxy) is 3. The van der Waals surface area contributed by atoms with Crippen molar-refractivity contribution in [1.82, 2.24) is 9.97 Å². The molecule has 1 aromatic heterocycles. The molecule has 1 saturated carbocycles. The summed E-state index contributed by atoms with van der Waals surface area (Å²) in [4.78, 5) is 9.11. The predicted molar refractivity (Wildman–Crippen MR) is 112 cm³/mol. The Labute approximate surface area is 174 Å². The summed E-state index contributed by atoms with van der Waals surface area (Å²) in [6.45, 7) is 4.10. The molecule has 0 unspecified atom stereocenters. The summed E-state index contributed by atoms with van der Waals surface area (Å²) in [5.41, 5.74) is 2.21. The van der Waals surface area contributed by atoms with Crippen LogP contribution in [0.1, 0.15) is 35.7 Å². The minimum atomic E-state index is -0.110. The van der Waals surface area contributed by atoms with Gasteiger partial charge in [0.25, 0.3) is 0 Å². The number of aromatic nitrogens is 2. The molecule has 1 aliphatic carbocycles. The average Bonchev–Trinajstić information content (AvgIpc) is 3.56. The van der Waals surface area contributed by atoms with Gasteiger partial charge < -0.3 is 19.5 Å². The zero-order valence-electron chi connectivity index (χ0n) is 16.9. The van der Waals surface area contributed by atoms with Gasteiger partial charge in [-0.2, -0.15) is 0 Å². The first kappa shape index (κ1) is 19.1. The van der Waals surface area contributed by atoms with E-state index in [0.717, 1.165) is 29.3 Å². The van der Waals surface area contributed by atoms with Gasteiger partial charge in [0.15, 0.2) is 11.5 Å². The van der Waals surface area contributed by atoms with E-state index in [0.29, 0.717) is 67.6 Å². The molecule has 2 aliphatic rings. The van der Waals surface area contributed by atoms with E-state index >= 15 is 0 Å². The minimum absolute atomic E-state index is 0.110. The quantitative estimate of drug-likeness (QED) is 0.691. The second-order valence-corrected chi connectivity index (χ2v) is 7.69. The molecule has 2 heterocycles.